The van der Waals surface area contributed by atoms with Gasteiger partial charge in [0.25, 0.3) is 0 Å². The van der Waals surface area contributed by atoms with Crippen molar-refractivity contribution >= 4 is 11.7 Å². The third-order valence-electron chi connectivity index (χ3n) is 3.12. The molecule has 0 spiro atoms. The molecule has 4 heteroatoms. The first-order chi connectivity index (χ1) is 9.09. The Morgan fingerprint density at radius 3 is 2.74 bits per heavy atom. The molecule has 1 aromatic heterocycles. The average molecular weight is 256 g/mol. The Morgan fingerprint density at radius 1 is 1.32 bits per heavy atom. The lowest BCUT2D eigenvalue weighted by atomic mass is 10.1. The molecular weight excluding hydrogens is 240 g/mol. The topological polar surface area (TPSA) is 62.2 Å². The van der Waals surface area contributed by atoms with Crippen molar-refractivity contribution in [3.63, 3.8) is 0 Å². The van der Waals surface area contributed by atoms with Crippen LogP contribution in [0.5, 0.6) is 0 Å². The highest BCUT2D eigenvalue weighted by Gasteiger charge is 2.12. The molecule has 1 heterocycles. The molecule has 0 aliphatic rings. The number of rotatable bonds is 4. The largest absolute Gasteiger partial charge is 0.478 e. The summed E-state index contributed by atoms with van der Waals surface area (Å²) >= 11 is 0. The van der Waals surface area contributed by atoms with Crippen LogP contribution in [0, 0.1) is 6.92 Å². The molecule has 1 atom stereocenters. The van der Waals surface area contributed by atoms with Crippen molar-refractivity contribution in [2.45, 2.75) is 19.9 Å². The van der Waals surface area contributed by atoms with Gasteiger partial charge in [-0.3, -0.25) is 4.98 Å². The molecule has 0 amide bonds. The van der Waals surface area contributed by atoms with Gasteiger partial charge in [-0.05, 0) is 43.2 Å². The molecule has 0 saturated heterocycles. The van der Waals surface area contributed by atoms with Crippen molar-refractivity contribution < 1.29 is 9.90 Å². The minimum Gasteiger partial charge on any atom is -0.478 e. The van der Waals surface area contributed by atoms with Gasteiger partial charge in [0.1, 0.15) is 0 Å². The molecule has 98 valence electrons. The Labute approximate surface area is 112 Å². The van der Waals surface area contributed by atoms with E-state index in [1.165, 1.54) is 0 Å². The fourth-order valence-corrected chi connectivity index (χ4v) is 1.97. The van der Waals surface area contributed by atoms with Crippen LogP contribution in [-0.2, 0) is 0 Å². The lowest BCUT2D eigenvalue weighted by Gasteiger charge is -2.18. The summed E-state index contributed by atoms with van der Waals surface area (Å²) in [6.45, 7) is 3.83. The summed E-state index contributed by atoms with van der Waals surface area (Å²) in [6.07, 6.45) is 3.53. The summed E-state index contributed by atoms with van der Waals surface area (Å²) in [5.41, 5.74) is 2.95. The quantitative estimate of drug-likeness (QED) is 0.881. The van der Waals surface area contributed by atoms with Gasteiger partial charge in [0.05, 0.1) is 11.6 Å². The number of benzene rings is 1. The third kappa shape index (κ3) is 2.91. The number of pyridine rings is 1. The van der Waals surface area contributed by atoms with E-state index in [9.17, 15) is 4.79 Å². The smallest absolute Gasteiger partial charge is 0.336 e. The van der Waals surface area contributed by atoms with Crippen molar-refractivity contribution in [3.05, 3.63) is 59.4 Å². The van der Waals surface area contributed by atoms with Gasteiger partial charge in [0.15, 0.2) is 0 Å². The minimum atomic E-state index is -0.907. The van der Waals surface area contributed by atoms with Gasteiger partial charge < -0.3 is 10.4 Å². The molecule has 2 N–H and O–H groups in total. The molecule has 0 aliphatic heterocycles. The zero-order valence-electron chi connectivity index (χ0n) is 10.9. The molecule has 2 aromatic rings. The Bertz CT molecular complexity index is 582. The SMILES string of the molecule is Cc1c(NC(C)c2cccnc2)cccc1C(=O)O. The van der Waals surface area contributed by atoms with Crippen LogP contribution in [0.2, 0.25) is 0 Å². The van der Waals surface area contributed by atoms with Gasteiger partial charge in [-0.15, -0.1) is 0 Å². The van der Waals surface area contributed by atoms with Crippen LogP contribution in [0.3, 0.4) is 0 Å². The van der Waals surface area contributed by atoms with Gasteiger partial charge in [-0.2, -0.15) is 0 Å². The molecular formula is C15H16N2O2. The van der Waals surface area contributed by atoms with Gasteiger partial charge in [-0.25, -0.2) is 4.79 Å². The first kappa shape index (κ1) is 13.1. The van der Waals surface area contributed by atoms with E-state index >= 15 is 0 Å². The number of carboxylic acid groups (broad SMARTS) is 1. The highest BCUT2D eigenvalue weighted by atomic mass is 16.4. The van der Waals surface area contributed by atoms with Crippen LogP contribution < -0.4 is 5.32 Å². The monoisotopic (exact) mass is 256 g/mol. The zero-order chi connectivity index (χ0) is 13.8. The normalized spacial score (nSPS) is 11.9. The summed E-state index contributed by atoms with van der Waals surface area (Å²) in [6, 6.07) is 9.17. The summed E-state index contributed by atoms with van der Waals surface area (Å²) in [4.78, 5) is 15.2. The van der Waals surface area contributed by atoms with Gasteiger partial charge >= 0.3 is 5.97 Å². The van der Waals surface area contributed by atoms with Crippen LogP contribution in [0.1, 0.15) is 34.5 Å². The second-order valence-electron chi connectivity index (χ2n) is 4.44. The number of nitrogens with zero attached hydrogens (tertiary/aromatic N) is 1. The van der Waals surface area contributed by atoms with Crippen molar-refractivity contribution in [2.75, 3.05) is 5.32 Å². The van der Waals surface area contributed by atoms with Crippen LogP contribution in [-0.4, -0.2) is 16.1 Å². The number of hydrogen-bond acceptors (Lipinski definition) is 3. The standard InChI is InChI=1S/C15H16N2O2/c1-10-13(15(18)19)6-3-7-14(10)17-11(2)12-5-4-8-16-9-12/h3-9,11,17H,1-2H3,(H,18,19). The number of aromatic nitrogens is 1. The fraction of sp³-hybridized carbons (Fsp3) is 0.200. The number of nitrogens with one attached hydrogen (secondary N) is 1. The van der Waals surface area contributed by atoms with Gasteiger partial charge in [0, 0.05) is 18.1 Å². The maximum atomic E-state index is 11.1. The first-order valence-electron chi connectivity index (χ1n) is 6.09. The lowest BCUT2D eigenvalue weighted by Crippen LogP contribution is -2.10. The van der Waals surface area contributed by atoms with Gasteiger partial charge in [-0.1, -0.05) is 12.1 Å². The fourth-order valence-electron chi connectivity index (χ4n) is 1.97. The molecule has 0 radical (unpaired) electrons. The number of aromatic carboxylic acids is 1. The van der Waals surface area contributed by atoms with Crippen molar-refractivity contribution in [1.29, 1.82) is 0 Å². The molecule has 0 bridgehead atoms. The number of carbonyl (C=O) groups is 1. The summed E-state index contributed by atoms with van der Waals surface area (Å²) < 4.78 is 0. The number of carboxylic acids is 1. The molecule has 19 heavy (non-hydrogen) atoms. The second kappa shape index (κ2) is 5.52. The predicted molar refractivity (Wildman–Crippen MR) is 74.4 cm³/mol. The van der Waals surface area contributed by atoms with E-state index in [1.807, 2.05) is 32.0 Å². The predicted octanol–water partition coefficient (Wildman–Crippen LogP) is 3.26. The maximum absolute atomic E-state index is 11.1. The molecule has 0 saturated carbocycles. The molecule has 0 aliphatic carbocycles. The average Bonchev–Trinajstić information content (AvgIpc) is 2.41. The molecule has 2 rings (SSSR count). The summed E-state index contributed by atoms with van der Waals surface area (Å²) in [5, 5.41) is 12.4. The Kier molecular flexibility index (Phi) is 3.80. The summed E-state index contributed by atoms with van der Waals surface area (Å²) in [5.74, 6) is -0.907. The van der Waals surface area contributed by atoms with Crippen LogP contribution in [0.25, 0.3) is 0 Å². The number of anilines is 1. The van der Waals surface area contributed by atoms with Crippen LogP contribution in [0.15, 0.2) is 42.7 Å². The van der Waals surface area contributed by atoms with E-state index in [0.717, 1.165) is 16.8 Å². The first-order valence-corrected chi connectivity index (χ1v) is 6.09. The van der Waals surface area contributed by atoms with Crippen molar-refractivity contribution in [2.24, 2.45) is 0 Å². The van der Waals surface area contributed by atoms with E-state index in [-0.39, 0.29) is 6.04 Å². The molecule has 0 fully saturated rings. The zero-order valence-corrected chi connectivity index (χ0v) is 10.9. The van der Waals surface area contributed by atoms with E-state index in [4.69, 9.17) is 5.11 Å². The molecule has 1 aromatic carbocycles. The molecule has 4 nitrogen and oxygen atoms in total. The van der Waals surface area contributed by atoms with Crippen LogP contribution in [0.4, 0.5) is 5.69 Å². The highest BCUT2D eigenvalue weighted by molar-refractivity contribution is 5.91. The third-order valence-corrected chi connectivity index (χ3v) is 3.12. The van der Waals surface area contributed by atoms with E-state index in [0.29, 0.717) is 5.56 Å². The Hall–Kier alpha value is -2.36. The van der Waals surface area contributed by atoms with E-state index in [2.05, 4.69) is 10.3 Å². The highest BCUT2D eigenvalue weighted by Crippen LogP contribution is 2.24. The molecule has 1 unspecified atom stereocenters. The van der Waals surface area contributed by atoms with E-state index < -0.39 is 5.97 Å². The Balaban J connectivity index is 2.25. The maximum Gasteiger partial charge on any atom is 0.336 e. The second-order valence-corrected chi connectivity index (χ2v) is 4.44. The lowest BCUT2D eigenvalue weighted by molar-refractivity contribution is 0.0696. The number of hydrogen-bond donors (Lipinski definition) is 2. The van der Waals surface area contributed by atoms with Crippen molar-refractivity contribution in [3.8, 4) is 0 Å². The summed E-state index contributed by atoms with van der Waals surface area (Å²) in [7, 11) is 0. The van der Waals surface area contributed by atoms with Gasteiger partial charge in [0.2, 0.25) is 0 Å². The van der Waals surface area contributed by atoms with Crippen LogP contribution >= 0.6 is 0 Å². The minimum absolute atomic E-state index is 0.0662. The van der Waals surface area contributed by atoms with E-state index in [1.54, 1.807) is 24.5 Å². The van der Waals surface area contributed by atoms with Crippen molar-refractivity contribution in [1.82, 2.24) is 4.98 Å². The Morgan fingerprint density at radius 2 is 2.11 bits per heavy atom.